The summed E-state index contributed by atoms with van der Waals surface area (Å²) in [4.78, 5) is 0. The molecule has 0 amide bonds. The summed E-state index contributed by atoms with van der Waals surface area (Å²) in [7, 11) is -3.12. The van der Waals surface area contributed by atoms with Gasteiger partial charge in [0.15, 0.2) is 9.84 Å². The van der Waals surface area contributed by atoms with Crippen LogP contribution in [0.25, 0.3) is 0 Å². The van der Waals surface area contributed by atoms with Gasteiger partial charge in [0.1, 0.15) is 5.60 Å². The van der Waals surface area contributed by atoms with E-state index >= 15 is 0 Å². The van der Waals surface area contributed by atoms with Crippen LogP contribution in [0, 0.1) is 5.92 Å². The lowest BCUT2D eigenvalue weighted by Crippen LogP contribution is -2.34. The molecule has 0 radical (unpaired) electrons. The van der Waals surface area contributed by atoms with Gasteiger partial charge in [-0.1, -0.05) is 30.4 Å². The van der Waals surface area contributed by atoms with Crippen LogP contribution in [0.3, 0.4) is 0 Å². The van der Waals surface area contributed by atoms with Gasteiger partial charge in [0.2, 0.25) is 0 Å². The minimum atomic E-state index is -3.12. The lowest BCUT2D eigenvalue weighted by atomic mass is 9.88. The molecule has 0 bridgehead atoms. The second-order valence-electron chi connectivity index (χ2n) is 3.65. The fourth-order valence-electron chi connectivity index (χ4n) is 1.70. The Morgan fingerprint density at radius 1 is 1.33 bits per heavy atom. The van der Waals surface area contributed by atoms with E-state index < -0.39 is 21.4 Å². The van der Waals surface area contributed by atoms with Crippen molar-refractivity contribution in [2.75, 3.05) is 5.75 Å². The first-order valence-corrected chi connectivity index (χ1v) is 6.56. The van der Waals surface area contributed by atoms with E-state index in [9.17, 15) is 13.5 Å². The molecule has 15 heavy (non-hydrogen) atoms. The number of hydrogen-bond donors (Lipinski definition) is 1. The molecule has 1 atom stereocenters. The molecule has 0 aromatic rings. The molecule has 1 N–H and O–H groups in total. The van der Waals surface area contributed by atoms with Crippen LogP contribution in [0.1, 0.15) is 13.8 Å². The molecule has 1 rings (SSSR count). The van der Waals surface area contributed by atoms with Crippen LogP contribution in [-0.2, 0) is 9.84 Å². The van der Waals surface area contributed by atoms with Crippen LogP contribution in [-0.4, -0.2) is 24.9 Å². The van der Waals surface area contributed by atoms with Gasteiger partial charge in [-0.05, 0) is 13.8 Å². The van der Waals surface area contributed by atoms with Crippen molar-refractivity contribution in [1.82, 2.24) is 0 Å². The van der Waals surface area contributed by atoms with Crippen LogP contribution in [0.4, 0.5) is 0 Å². The smallest absolute Gasteiger partial charge is 0.172 e. The molecule has 0 spiro atoms. The molecular formula is C11H16O3S. The van der Waals surface area contributed by atoms with Gasteiger partial charge in [-0.3, -0.25) is 0 Å². The van der Waals surface area contributed by atoms with Crippen LogP contribution in [0.2, 0.25) is 0 Å². The maximum Gasteiger partial charge on any atom is 0.172 e. The number of hydrogen-bond acceptors (Lipinski definition) is 3. The van der Waals surface area contributed by atoms with Crippen molar-refractivity contribution in [2.24, 2.45) is 5.92 Å². The molecule has 1 aliphatic heterocycles. The highest BCUT2D eigenvalue weighted by molar-refractivity contribution is 7.94. The SMILES string of the molecule is C/C=C/C(O)(/C=C/C)C1C=CS(=O)(=O)C1. The highest BCUT2D eigenvalue weighted by Crippen LogP contribution is 2.29. The molecule has 84 valence electrons. The van der Waals surface area contributed by atoms with Gasteiger partial charge in [-0.25, -0.2) is 8.42 Å². The lowest BCUT2D eigenvalue weighted by Gasteiger charge is -2.26. The monoisotopic (exact) mass is 228 g/mol. The molecule has 4 heteroatoms. The minimum absolute atomic E-state index is 0.0296. The molecule has 3 nitrogen and oxygen atoms in total. The quantitative estimate of drug-likeness (QED) is 0.743. The lowest BCUT2D eigenvalue weighted by molar-refractivity contribution is 0.107. The second-order valence-corrected chi connectivity index (χ2v) is 5.58. The van der Waals surface area contributed by atoms with Gasteiger partial charge < -0.3 is 5.11 Å². The Morgan fingerprint density at radius 3 is 2.20 bits per heavy atom. The Labute approximate surface area is 90.7 Å². The summed E-state index contributed by atoms with van der Waals surface area (Å²) >= 11 is 0. The third-order valence-electron chi connectivity index (χ3n) is 2.39. The molecule has 0 saturated heterocycles. The van der Waals surface area contributed by atoms with E-state index in [2.05, 4.69) is 0 Å². The predicted molar refractivity (Wildman–Crippen MR) is 61.0 cm³/mol. The average Bonchev–Trinajstić information content (AvgIpc) is 2.47. The van der Waals surface area contributed by atoms with Gasteiger partial charge in [-0.2, -0.15) is 0 Å². The van der Waals surface area contributed by atoms with Crippen molar-refractivity contribution < 1.29 is 13.5 Å². The van der Waals surface area contributed by atoms with Crippen LogP contribution in [0.15, 0.2) is 35.8 Å². The standard InChI is InChI=1S/C11H16O3S/c1-3-6-11(12,7-4-2)10-5-8-15(13,14)9-10/h3-8,10,12H,9H2,1-2H3/b6-3+,7-4+. The molecule has 0 aliphatic carbocycles. The molecule has 0 fully saturated rings. The van der Waals surface area contributed by atoms with Crippen LogP contribution < -0.4 is 0 Å². The van der Waals surface area contributed by atoms with Gasteiger partial charge >= 0.3 is 0 Å². The third kappa shape index (κ3) is 2.79. The Balaban J connectivity index is 2.99. The number of allylic oxidation sites excluding steroid dienone is 2. The first-order chi connectivity index (χ1) is 6.93. The van der Waals surface area contributed by atoms with E-state index in [0.717, 1.165) is 0 Å². The highest BCUT2D eigenvalue weighted by atomic mass is 32.2. The number of sulfone groups is 1. The van der Waals surface area contributed by atoms with Crippen LogP contribution in [0.5, 0.6) is 0 Å². The zero-order valence-electron chi connectivity index (χ0n) is 8.92. The molecule has 0 aromatic carbocycles. The summed E-state index contributed by atoms with van der Waals surface area (Å²) in [5.41, 5.74) is -1.19. The first kappa shape index (κ1) is 12.2. The van der Waals surface area contributed by atoms with Crippen molar-refractivity contribution >= 4 is 9.84 Å². The summed E-state index contributed by atoms with van der Waals surface area (Å²) in [5, 5.41) is 11.4. The normalized spacial score (nSPS) is 25.7. The van der Waals surface area contributed by atoms with Crippen molar-refractivity contribution in [3.63, 3.8) is 0 Å². The van der Waals surface area contributed by atoms with Gasteiger partial charge in [0.25, 0.3) is 0 Å². The summed E-state index contributed by atoms with van der Waals surface area (Å²) in [6.07, 6.45) is 8.22. The Bertz CT molecular complexity index is 390. The fraction of sp³-hybridized carbons (Fsp3) is 0.455. The van der Waals surface area contributed by atoms with Crippen molar-refractivity contribution in [3.8, 4) is 0 Å². The summed E-state index contributed by atoms with van der Waals surface area (Å²) < 4.78 is 22.5. The second kappa shape index (κ2) is 4.33. The zero-order chi connectivity index (χ0) is 11.5. The number of aliphatic hydroxyl groups is 1. The van der Waals surface area contributed by atoms with E-state index in [1.165, 1.54) is 5.41 Å². The topological polar surface area (TPSA) is 54.4 Å². The van der Waals surface area contributed by atoms with Gasteiger partial charge in [0.05, 0.1) is 5.75 Å². The minimum Gasteiger partial charge on any atom is -0.381 e. The fourth-order valence-corrected chi connectivity index (χ4v) is 3.12. The summed E-state index contributed by atoms with van der Waals surface area (Å²) in [5.74, 6) is -0.423. The van der Waals surface area contributed by atoms with Gasteiger partial charge in [0, 0.05) is 11.3 Å². The molecule has 0 saturated carbocycles. The van der Waals surface area contributed by atoms with Crippen molar-refractivity contribution in [2.45, 2.75) is 19.4 Å². The molecular weight excluding hydrogens is 212 g/mol. The maximum absolute atomic E-state index is 11.3. The molecule has 0 aromatic heterocycles. The Morgan fingerprint density at radius 2 is 1.87 bits per heavy atom. The van der Waals surface area contributed by atoms with Gasteiger partial charge in [-0.15, -0.1) is 0 Å². The van der Waals surface area contributed by atoms with Crippen molar-refractivity contribution in [1.29, 1.82) is 0 Å². The van der Waals surface area contributed by atoms with Crippen LogP contribution >= 0.6 is 0 Å². The summed E-state index contributed by atoms with van der Waals surface area (Å²) in [6, 6.07) is 0. The Hall–Kier alpha value is -0.870. The maximum atomic E-state index is 11.3. The third-order valence-corrected chi connectivity index (χ3v) is 3.79. The van der Waals surface area contributed by atoms with Crippen molar-refractivity contribution in [3.05, 3.63) is 35.8 Å². The highest BCUT2D eigenvalue weighted by Gasteiger charge is 2.36. The van der Waals surface area contributed by atoms with E-state index in [1.807, 2.05) is 0 Å². The largest absolute Gasteiger partial charge is 0.381 e. The van der Waals surface area contributed by atoms with E-state index in [4.69, 9.17) is 0 Å². The molecule has 1 unspecified atom stereocenters. The summed E-state index contributed by atoms with van der Waals surface area (Å²) in [6.45, 7) is 3.59. The van der Waals surface area contributed by atoms with E-state index in [0.29, 0.717) is 0 Å². The Kier molecular flexibility index (Phi) is 3.52. The predicted octanol–water partition coefficient (Wildman–Crippen LogP) is 1.43. The molecule has 1 heterocycles. The number of rotatable bonds is 3. The average molecular weight is 228 g/mol. The molecule has 1 aliphatic rings. The zero-order valence-corrected chi connectivity index (χ0v) is 9.74. The van der Waals surface area contributed by atoms with E-state index in [1.54, 1.807) is 44.2 Å². The first-order valence-electron chi connectivity index (χ1n) is 4.84. The van der Waals surface area contributed by atoms with E-state index in [-0.39, 0.29) is 5.75 Å².